The quantitative estimate of drug-likeness (QED) is 0.465. The lowest BCUT2D eigenvalue weighted by Gasteiger charge is -2.28. The van der Waals surface area contributed by atoms with E-state index in [4.69, 9.17) is 4.74 Å². The minimum absolute atomic E-state index is 0. The summed E-state index contributed by atoms with van der Waals surface area (Å²) in [5.74, 6) is 0.926. The van der Waals surface area contributed by atoms with Crippen LogP contribution in [-0.4, -0.2) is 38.3 Å². The standard InChI is InChI=1S/C11H21N3O.HI/c1-12-11(14-9-4-2-5-9)13-8-10-6-3-7-15-10;/h9-10H,2-8H2,1H3,(H2,12,13,14);1H. The maximum absolute atomic E-state index is 5.55. The van der Waals surface area contributed by atoms with E-state index in [2.05, 4.69) is 15.6 Å². The van der Waals surface area contributed by atoms with E-state index >= 15 is 0 Å². The minimum atomic E-state index is 0. The van der Waals surface area contributed by atoms with Crippen molar-refractivity contribution in [1.82, 2.24) is 10.6 Å². The lowest BCUT2D eigenvalue weighted by Crippen LogP contribution is -2.47. The van der Waals surface area contributed by atoms with Gasteiger partial charge in [0.1, 0.15) is 0 Å². The molecular weight excluding hydrogens is 317 g/mol. The van der Waals surface area contributed by atoms with Gasteiger partial charge in [0.05, 0.1) is 6.10 Å². The van der Waals surface area contributed by atoms with Crippen molar-refractivity contribution in [3.8, 4) is 0 Å². The third-order valence-corrected chi connectivity index (χ3v) is 3.19. The summed E-state index contributed by atoms with van der Waals surface area (Å²) in [5, 5.41) is 6.73. The van der Waals surface area contributed by atoms with Crippen LogP contribution in [0, 0.1) is 0 Å². The zero-order chi connectivity index (χ0) is 10.5. The molecule has 0 aromatic carbocycles. The van der Waals surface area contributed by atoms with Gasteiger partial charge in [0.25, 0.3) is 0 Å². The van der Waals surface area contributed by atoms with E-state index in [1.54, 1.807) is 0 Å². The summed E-state index contributed by atoms with van der Waals surface area (Å²) in [6.07, 6.45) is 6.65. The molecule has 0 bridgehead atoms. The molecule has 16 heavy (non-hydrogen) atoms. The summed E-state index contributed by atoms with van der Waals surface area (Å²) in [5.41, 5.74) is 0. The van der Waals surface area contributed by atoms with Crippen LogP contribution in [0.25, 0.3) is 0 Å². The molecular formula is C11H22IN3O. The molecule has 0 amide bonds. The fourth-order valence-corrected chi connectivity index (χ4v) is 1.96. The first-order valence-corrected chi connectivity index (χ1v) is 5.97. The van der Waals surface area contributed by atoms with Gasteiger partial charge in [0, 0.05) is 26.2 Å². The zero-order valence-electron chi connectivity index (χ0n) is 9.87. The van der Waals surface area contributed by atoms with Gasteiger partial charge in [0.15, 0.2) is 5.96 Å². The summed E-state index contributed by atoms with van der Waals surface area (Å²) >= 11 is 0. The van der Waals surface area contributed by atoms with E-state index in [-0.39, 0.29) is 24.0 Å². The zero-order valence-corrected chi connectivity index (χ0v) is 12.2. The number of ether oxygens (including phenoxy) is 1. The van der Waals surface area contributed by atoms with Crippen molar-refractivity contribution in [3.63, 3.8) is 0 Å². The van der Waals surface area contributed by atoms with Gasteiger partial charge in [-0.15, -0.1) is 24.0 Å². The number of rotatable bonds is 3. The number of nitrogens with one attached hydrogen (secondary N) is 2. The fraction of sp³-hybridized carbons (Fsp3) is 0.909. The highest BCUT2D eigenvalue weighted by Gasteiger charge is 2.19. The van der Waals surface area contributed by atoms with Gasteiger partial charge in [-0.3, -0.25) is 4.99 Å². The molecule has 1 saturated heterocycles. The maximum Gasteiger partial charge on any atom is 0.191 e. The van der Waals surface area contributed by atoms with Crippen molar-refractivity contribution in [2.24, 2.45) is 4.99 Å². The van der Waals surface area contributed by atoms with Crippen LogP contribution < -0.4 is 10.6 Å². The molecule has 1 saturated carbocycles. The SMILES string of the molecule is CN=C(NCC1CCCO1)NC1CCC1.I. The number of hydrogen-bond acceptors (Lipinski definition) is 2. The van der Waals surface area contributed by atoms with Crippen LogP contribution in [0.3, 0.4) is 0 Å². The Hall–Kier alpha value is -0.0400. The second-order valence-corrected chi connectivity index (χ2v) is 4.36. The normalized spacial score (nSPS) is 25.8. The number of nitrogens with zero attached hydrogens (tertiary/aromatic N) is 1. The highest BCUT2D eigenvalue weighted by Crippen LogP contribution is 2.17. The Balaban J connectivity index is 0.00000128. The van der Waals surface area contributed by atoms with E-state index in [9.17, 15) is 0 Å². The average molecular weight is 339 g/mol. The maximum atomic E-state index is 5.55. The van der Waals surface area contributed by atoms with Crippen LogP contribution >= 0.6 is 24.0 Å². The van der Waals surface area contributed by atoms with Crippen molar-refractivity contribution in [2.45, 2.75) is 44.2 Å². The number of aliphatic imine (C=N–C) groups is 1. The smallest absolute Gasteiger partial charge is 0.191 e. The molecule has 1 aliphatic heterocycles. The molecule has 1 heterocycles. The monoisotopic (exact) mass is 339 g/mol. The molecule has 2 fully saturated rings. The fourth-order valence-electron chi connectivity index (χ4n) is 1.96. The first-order chi connectivity index (χ1) is 7.38. The molecule has 0 spiro atoms. The second kappa shape index (κ2) is 7.32. The van der Waals surface area contributed by atoms with Gasteiger partial charge in [-0.1, -0.05) is 0 Å². The van der Waals surface area contributed by atoms with Crippen LogP contribution in [0.5, 0.6) is 0 Å². The van der Waals surface area contributed by atoms with Gasteiger partial charge < -0.3 is 15.4 Å². The van der Waals surface area contributed by atoms with Crippen molar-refractivity contribution >= 4 is 29.9 Å². The van der Waals surface area contributed by atoms with Gasteiger partial charge in [0.2, 0.25) is 0 Å². The minimum Gasteiger partial charge on any atom is -0.376 e. The predicted molar refractivity (Wildman–Crippen MR) is 76.5 cm³/mol. The highest BCUT2D eigenvalue weighted by molar-refractivity contribution is 14.0. The molecule has 5 heteroatoms. The average Bonchev–Trinajstić information content (AvgIpc) is 2.68. The molecule has 0 aromatic heterocycles. The summed E-state index contributed by atoms with van der Waals surface area (Å²) < 4.78 is 5.55. The van der Waals surface area contributed by atoms with E-state index in [1.165, 1.54) is 32.1 Å². The Labute approximate surface area is 115 Å². The first kappa shape index (κ1) is 14.0. The van der Waals surface area contributed by atoms with E-state index in [1.807, 2.05) is 7.05 Å². The van der Waals surface area contributed by atoms with Crippen LogP contribution in [0.15, 0.2) is 4.99 Å². The molecule has 1 atom stereocenters. The largest absolute Gasteiger partial charge is 0.376 e. The Kier molecular flexibility index (Phi) is 6.41. The lowest BCUT2D eigenvalue weighted by molar-refractivity contribution is 0.113. The van der Waals surface area contributed by atoms with Crippen molar-refractivity contribution in [3.05, 3.63) is 0 Å². The predicted octanol–water partition coefficient (Wildman–Crippen LogP) is 1.50. The Morgan fingerprint density at radius 2 is 2.12 bits per heavy atom. The summed E-state index contributed by atoms with van der Waals surface area (Å²) in [4.78, 5) is 4.21. The molecule has 0 aromatic rings. The van der Waals surface area contributed by atoms with E-state index in [0.29, 0.717) is 12.1 Å². The molecule has 0 radical (unpaired) electrons. The van der Waals surface area contributed by atoms with Crippen molar-refractivity contribution < 1.29 is 4.74 Å². The molecule has 2 N–H and O–H groups in total. The van der Waals surface area contributed by atoms with Crippen LogP contribution in [0.1, 0.15) is 32.1 Å². The van der Waals surface area contributed by atoms with Crippen LogP contribution in [0.4, 0.5) is 0 Å². The van der Waals surface area contributed by atoms with Gasteiger partial charge in [-0.25, -0.2) is 0 Å². The summed E-state index contributed by atoms with van der Waals surface area (Å²) in [6.45, 7) is 1.80. The third-order valence-electron chi connectivity index (χ3n) is 3.19. The number of halogens is 1. The molecule has 2 aliphatic rings. The van der Waals surface area contributed by atoms with Crippen molar-refractivity contribution in [2.75, 3.05) is 20.2 Å². The second-order valence-electron chi connectivity index (χ2n) is 4.36. The topological polar surface area (TPSA) is 45.7 Å². The summed E-state index contributed by atoms with van der Waals surface area (Å²) in [6, 6.07) is 0.640. The Morgan fingerprint density at radius 3 is 2.62 bits per heavy atom. The number of guanidine groups is 1. The Bertz CT molecular complexity index is 225. The van der Waals surface area contributed by atoms with Crippen molar-refractivity contribution in [1.29, 1.82) is 0 Å². The number of hydrogen-bond donors (Lipinski definition) is 2. The molecule has 94 valence electrons. The summed E-state index contributed by atoms with van der Waals surface area (Å²) in [7, 11) is 1.82. The van der Waals surface area contributed by atoms with Gasteiger partial charge >= 0.3 is 0 Å². The lowest BCUT2D eigenvalue weighted by atomic mass is 9.93. The van der Waals surface area contributed by atoms with Gasteiger partial charge in [-0.2, -0.15) is 0 Å². The molecule has 1 aliphatic carbocycles. The van der Waals surface area contributed by atoms with E-state index < -0.39 is 0 Å². The molecule has 4 nitrogen and oxygen atoms in total. The Morgan fingerprint density at radius 1 is 1.31 bits per heavy atom. The molecule has 1 unspecified atom stereocenters. The first-order valence-electron chi connectivity index (χ1n) is 5.97. The highest BCUT2D eigenvalue weighted by atomic mass is 127. The van der Waals surface area contributed by atoms with Gasteiger partial charge in [-0.05, 0) is 32.1 Å². The third kappa shape index (κ3) is 4.08. The van der Waals surface area contributed by atoms with Crippen LogP contribution in [0.2, 0.25) is 0 Å². The van der Waals surface area contributed by atoms with Crippen LogP contribution in [-0.2, 0) is 4.74 Å². The van der Waals surface area contributed by atoms with E-state index in [0.717, 1.165) is 19.1 Å². The molecule has 2 rings (SSSR count).